The standard InChI is InChI=1S/C10H17ClN2O2/c1-7(2)5-13-6-8(4-12-13)10(15)9(14)3-11/h4,6-7,9-10,14-15H,3,5H2,1-2H3. The lowest BCUT2D eigenvalue weighted by atomic mass is 10.1. The lowest BCUT2D eigenvalue weighted by Gasteiger charge is -2.13. The molecule has 2 unspecified atom stereocenters. The highest BCUT2D eigenvalue weighted by atomic mass is 35.5. The smallest absolute Gasteiger partial charge is 0.109 e. The molecule has 0 spiro atoms. The van der Waals surface area contributed by atoms with Gasteiger partial charge in [0.15, 0.2) is 0 Å². The minimum absolute atomic E-state index is 0.0104. The number of aliphatic hydroxyl groups excluding tert-OH is 2. The Hall–Kier alpha value is -0.580. The number of hydrogen-bond donors (Lipinski definition) is 2. The van der Waals surface area contributed by atoms with Crippen molar-refractivity contribution in [2.45, 2.75) is 32.6 Å². The van der Waals surface area contributed by atoms with E-state index in [0.717, 1.165) is 6.54 Å². The van der Waals surface area contributed by atoms with Gasteiger partial charge in [-0.25, -0.2) is 0 Å². The van der Waals surface area contributed by atoms with Crippen molar-refractivity contribution >= 4 is 11.6 Å². The second-order valence-electron chi connectivity index (χ2n) is 4.06. The van der Waals surface area contributed by atoms with Crippen LogP contribution < -0.4 is 0 Å². The maximum Gasteiger partial charge on any atom is 0.109 e. The maximum absolute atomic E-state index is 9.65. The fourth-order valence-corrected chi connectivity index (χ4v) is 1.48. The Balaban J connectivity index is 2.66. The Morgan fingerprint density at radius 1 is 1.47 bits per heavy atom. The predicted octanol–water partition coefficient (Wildman–Crippen LogP) is 1.17. The molecule has 0 fully saturated rings. The van der Waals surface area contributed by atoms with Gasteiger partial charge < -0.3 is 10.2 Å². The van der Waals surface area contributed by atoms with Gasteiger partial charge in [-0.1, -0.05) is 13.8 Å². The zero-order chi connectivity index (χ0) is 11.4. The van der Waals surface area contributed by atoms with Crippen LogP contribution in [0.1, 0.15) is 25.5 Å². The highest BCUT2D eigenvalue weighted by Gasteiger charge is 2.18. The van der Waals surface area contributed by atoms with Crippen molar-refractivity contribution in [3.8, 4) is 0 Å². The molecule has 0 saturated heterocycles. The molecule has 1 aromatic heterocycles. The second-order valence-corrected chi connectivity index (χ2v) is 4.36. The first kappa shape index (κ1) is 12.5. The fraction of sp³-hybridized carbons (Fsp3) is 0.700. The highest BCUT2D eigenvalue weighted by molar-refractivity contribution is 6.18. The zero-order valence-electron chi connectivity index (χ0n) is 8.97. The molecule has 0 aliphatic rings. The van der Waals surface area contributed by atoms with Crippen LogP contribution in [0.25, 0.3) is 0 Å². The number of rotatable bonds is 5. The van der Waals surface area contributed by atoms with E-state index < -0.39 is 12.2 Å². The molecule has 1 aromatic rings. The van der Waals surface area contributed by atoms with Crippen molar-refractivity contribution in [1.82, 2.24) is 9.78 Å². The molecule has 0 aromatic carbocycles. The van der Waals surface area contributed by atoms with Gasteiger partial charge in [-0.05, 0) is 5.92 Å². The van der Waals surface area contributed by atoms with Crippen molar-refractivity contribution in [2.24, 2.45) is 5.92 Å². The zero-order valence-corrected chi connectivity index (χ0v) is 9.72. The number of nitrogens with zero attached hydrogens (tertiary/aromatic N) is 2. The van der Waals surface area contributed by atoms with Crippen LogP contribution in [0.5, 0.6) is 0 Å². The van der Waals surface area contributed by atoms with E-state index in [9.17, 15) is 10.2 Å². The molecule has 2 atom stereocenters. The molecule has 0 aliphatic carbocycles. The van der Waals surface area contributed by atoms with Crippen molar-refractivity contribution in [2.75, 3.05) is 5.88 Å². The third-order valence-electron chi connectivity index (χ3n) is 2.07. The lowest BCUT2D eigenvalue weighted by molar-refractivity contribution is 0.0326. The number of halogens is 1. The van der Waals surface area contributed by atoms with E-state index in [1.54, 1.807) is 17.1 Å². The normalized spacial score (nSPS) is 15.6. The largest absolute Gasteiger partial charge is 0.389 e. The summed E-state index contributed by atoms with van der Waals surface area (Å²) in [6, 6.07) is 0. The molecule has 0 bridgehead atoms. The van der Waals surface area contributed by atoms with Gasteiger partial charge in [0.1, 0.15) is 6.10 Å². The first-order valence-corrected chi connectivity index (χ1v) is 5.52. The molecule has 1 rings (SSSR count). The Morgan fingerprint density at radius 2 is 2.13 bits per heavy atom. The average Bonchev–Trinajstić information content (AvgIpc) is 2.63. The molecule has 0 aliphatic heterocycles. The van der Waals surface area contributed by atoms with E-state index in [1.807, 2.05) is 0 Å². The topological polar surface area (TPSA) is 58.3 Å². The van der Waals surface area contributed by atoms with E-state index >= 15 is 0 Å². The van der Waals surface area contributed by atoms with Crippen LogP contribution in [0.4, 0.5) is 0 Å². The molecule has 0 radical (unpaired) electrons. The Bertz CT molecular complexity index is 301. The highest BCUT2D eigenvalue weighted by Crippen LogP contribution is 2.17. The molecular weight excluding hydrogens is 216 g/mol. The van der Waals surface area contributed by atoms with Crippen LogP contribution in [0.15, 0.2) is 12.4 Å². The molecule has 0 saturated carbocycles. The van der Waals surface area contributed by atoms with Crippen LogP contribution >= 0.6 is 11.6 Å². The van der Waals surface area contributed by atoms with Crippen LogP contribution in [-0.2, 0) is 6.54 Å². The molecule has 2 N–H and O–H groups in total. The Morgan fingerprint density at radius 3 is 2.67 bits per heavy atom. The van der Waals surface area contributed by atoms with E-state index in [1.165, 1.54) is 0 Å². The van der Waals surface area contributed by atoms with Gasteiger partial charge in [-0.2, -0.15) is 5.10 Å². The summed E-state index contributed by atoms with van der Waals surface area (Å²) in [4.78, 5) is 0. The van der Waals surface area contributed by atoms with Gasteiger partial charge >= 0.3 is 0 Å². The SMILES string of the molecule is CC(C)Cn1cc(C(O)C(O)CCl)cn1. The summed E-state index contributed by atoms with van der Waals surface area (Å²) in [5.41, 5.74) is 0.601. The number of aliphatic hydroxyl groups is 2. The summed E-state index contributed by atoms with van der Waals surface area (Å²) < 4.78 is 1.75. The summed E-state index contributed by atoms with van der Waals surface area (Å²) in [7, 11) is 0. The quantitative estimate of drug-likeness (QED) is 0.750. The van der Waals surface area contributed by atoms with Crippen molar-refractivity contribution < 1.29 is 10.2 Å². The summed E-state index contributed by atoms with van der Waals surface area (Å²) in [5, 5.41) is 23.1. The van der Waals surface area contributed by atoms with Crippen molar-refractivity contribution in [3.05, 3.63) is 18.0 Å². The summed E-state index contributed by atoms with van der Waals surface area (Å²) in [5.74, 6) is 0.504. The molecule has 0 amide bonds. The number of aromatic nitrogens is 2. The summed E-state index contributed by atoms with van der Waals surface area (Å²) >= 11 is 5.45. The third kappa shape index (κ3) is 3.48. The minimum Gasteiger partial charge on any atom is -0.389 e. The maximum atomic E-state index is 9.65. The molecule has 5 heteroatoms. The lowest BCUT2D eigenvalue weighted by Crippen LogP contribution is -2.19. The Kier molecular flexibility index (Phi) is 4.57. The second kappa shape index (κ2) is 5.49. The minimum atomic E-state index is -0.955. The van der Waals surface area contributed by atoms with E-state index in [-0.39, 0.29) is 5.88 Å². The number of hydrogen-bond acceptors (Lipinski definition) is 3. The van der Waals surface area contributed by atoms with E-state index in [0.29, 0.717) is 11.5 Å². The van der Waals surface area contributed by atoms with E-state index in [2.05, 4.69) is 18.9 Å². The van der Waals surface area contributed by atoms with Gasteiger partial charge in [0, 0.05) is 18.3 Å². The molecule has 4 nitrogen and oxygen atoms in total. The first-order valence-electron chi connectivity index (χ1n) is 4.99. The fourth-order valence-electron chi connectivity index (χ4n) is 1.31. The monoisotopic (exact) mass is 232 g/mol. The van der Waals surface area contributed by atoms with Crippen LogP contribution in [0, 0.1) is 5.92 Å². The van der Waals surface area contributed by atoms with Crippen LogP contribution in [-0.4, -0.2) is 32.0 Å². The third-order valence-corrected chi connectivity index (χ3v) is 2.39. The first-order chi connectivity index (χ1) is 7.04. The predicted molar refractivity (Wildman–Crippen MR) is 58.8 cm³/mol. The van der Waals surface area contributed by atoms with Gasteiger partial charge in [0.25, 0.3) is 0 Å². The molecule has 1 heterocycles. The molecule has 15 heavy (non-hydrogen) atoms. The van der Waals surface area contributed by atoms with Gasteiger partial charge in [-0.3, -0.25) is 4.68 Å². The van der Waals surface area contributed by atoms with Crippen LogP contribution in [0.3, 0.4) is 0 Å². The van der Waals surface area contributed by atoms with Gasteiger partial charge in [0.05, 0.1) is 18.2 Å². The van der Waals surface area contributed by atoms with Crippen molar-refractivity contribution in [1.29, 1.82) is 0 Å². The molecule has 86 valence electrons. The summed E-state index contributed by atoms with van der Waals surface area (Å²) in [6.07, 6.45) is 1.40. The Labute approximate surface area is 94.5 Å². The number of alkyl halides is 1. The summed E-state index contributed by atoms with van der Waals surface area (Å²) in [6.45, 7) is 4.97. The average molecular weight is 233 g/mol. The van der Waals surface area contributed by atoms with E-state index in [4.69, 9.17) is 11.6 Å². The van der Waals surface area contributed by atoms with Crippen LogP contribution in [0.2, 0.25) is 0 Å². The van der Waals surface area contributed by atoms with Crippen molar-refractivity contribution in [3.63, 3.8) is 0 Å². The van der Waals surface area contributed by atoms with Gasteiger partial charge in [0.2, 0.25) is 0 Å². The van der Waals surface area contributed by atoms with Gasteiger partial charge in [-0.15, -0.1) is 11.6 Å². The molecular formula is C10H17ClN2O2.